The number of allylic oxidation sites excluding steroid dienone is 1. The van der Waals surface area contributed by atoms with Crippen LogP contribution in [0.4, 0.5) is 17.3 Å². The number of anilines is 3. The number of nitrogens with zero attached hydrogens (tertiary/aromatic N) is 1. The summed E-state index contributed by atoms with van der Waals surface area (Å²) >= 11 is 0. The Labute approximate surface area is 182 Å². The number of rotatable bonds is 6. The average molecular weight is 420 g/mol. The van der Waals surface area contributed by atoms with Crippen LogP contribution in [-0.4, -0.2) is 29.2 Å². The molecule has 2 heterocycles. The number of fused-ring (bicyclic) bond motifs is 1. The van der Waals surface area contributed by atoms with Crippen molar-refractivity contribution in [2.24, 2.45) is 11.5 Å². The van der Waals surface area contributed by atoms with Gasteiger partial charge in [-0.1, -0.05) is 25.0 Å². The van der Waals surface area contributed by atoms with E-state index in [4.69, 9.17) is 21.9 Å². The molecular formula is C23H29N7O. The highest BCUT2D eigenvalue weighted by molar-refractivity contribution is 6.14. The molecule has 8 heteroatoms. The van der Waals surface area contributed by atoms with E-state index in [9.17, 15) is 4.79 Å². The fraction of sp³-hybridized carbons (Fsp3) is 0.348. The number of carbonyl (C=O) groups is 1. The van der Waals surface area contributed by atoms with Crippen molar-refractivity contribution in [3.63, 3.8) is 0 Å². The number of hydrogen-bond acceptors (Lipinski definition) is 7. The molecular weight excluding hydrogens is 390 g/mol. The Balaban J connectivity index is 1.85. The fourth-order valence-electron chi connectivity index (χ4n) is 4.40. The molecule has 1 aliphatic heterocycles. The summed E-state index contributed by atoms with van der Waals surface area (Å²) in [6.07, 6.45) is 6.70. The maximum Gasteiger partial charge on any atom is 0.255 e. The molecule has 8 nitrogen and oxygen atoms in total. The zero-order valence-electron chi connectivity index (χ0n) is 17.7. The minimum absolute atomic E-state index is 0.0230. The van der Waals surface area contributed by atoms with Crippen molar-refractivity contribution in [1.82, 2.24) is 10.3 Å². The van der Waals surface area contributed by atoms with E-state index >= 15 is 0 Å². The van der Waals surface area contributed by atoms with E-state index in [1.54, 1.807) is 0 Å². The van der Waals surface area contributed by atoms with E-state index in [2.05, 4.69) is 16.0 Å². The van der Waals surface area contributed by atoms with Crippen molar-refractivity contribution in [3.8, 4) is 0 Å². The van der Waals surface area contributed by atoms with Gasteiger partial charge in [0.05, 0.1) is 5.56 Å². The van der Waals surface area contributed by atoms with Crippen LogP contribution in [0, 0.1) is 12.3 Å². The van der Waals surface area contributed by atoms with Crippen LogP contribution in [0.3, 0.4) is 0 Å². The third-order valence-corrected chi connectivity index (χ3v) is 6.00. The van der Waals surface area contributed by atoms with Gasteiger partial charge in [0.2, 0.25) is 0 Å². The first kappa shape index (κ1) is 20.9. The molecule has 1 aliphatic carbocycles. The highest BCUT2D eigenvalue weighted by atomic mass is 16.1. The number of carbonyl (C=O) groups excluding carboxylic acids is 1. The van der Waals surface area contributed by atoms with Crippen LogP contribution >= 0.6 is 0 Å². The summed E-state index contributed by atoms with van der Waals surface area (Å²) in [5.74, 6) is 0.877. The molecule has 0 bridgehead atoms. The van der Waals surface area contributed by atoms with Crippen LogP contribution in [0.15, 0.2) is 30.5 Å². The Hall–Kier alpha value is -3.39. The molecule has 2 atom stereocenters. The summed E-state index contributed by atoms with van der Waals surface area (Å²) in [7, 11) is 0. The first-order valence-corrected chi connectivity index (χ1v) is 10.7. The molecule has 1 fully saturated rings. The van der Waals surface area contributed by atoms with Crippen LogP contribution in [0.5, 0.6) is 0 Å². The first-order chi connectivity index (χ1) is 15.0. The van der Waals surface area contributed by atoms with Gasteiger partial charge in [-0.3, -0.25) is 4.79 Å². The third-order valence-electron chi connectivity index (χ3n) is 6.00. The van der Waals surface area contributed by atoms with E-state index in [1.165, 1.54) is 12.4 Å². The van der Waals surface area contributed by atoms with Crippen LogP contribution < -0.4 is 27.4 Å². The Morgan fingerprint density at radius 1 is 1.29 bits per heavy atom. The SMILES string of the molecule is Cc1cccc(Nc2nc(NC3CCCCC3N)c(/C(C=N)=C/N)c3c2C(=O)NC3)c1. The number of nitrogens with two attached hydrogens (primary N) is 2. The summed E-state index contributed by atoms with van der Waals surface area (Å²) in [5, 5.41) is 17.6. The van der Waals surface area contributed by atoms with Crippen molar-refractivity contribution in [2.45, 2.75) is 51.2 Å². The summed E-state index contributed by atoms with van der Waals surface area (Å²) in [5.41, 5.74) is 16.6. The Morgan fingerprint density at radius 2 is 2.10 bits per heavy atom. The number of aryl methyl sites for hydroxylation is 1. The Morgan fingerprint density at radius 3 is 2.81 bits per heavy atom. The second-order valence-electron chi connectivity index (χ2n) is 8.18. The van der Waals surface area contributed by atoms with E-state index in [0.717, 1.165) is 42.5 Å². The van der Waals surface area contributed by atoms with Gasteiger partial charge >= 0.3 is 0 Å². The van der Waals surface area contributed by atoms with Crippen molar-refractivity contribution >= 4 is 35.0 Å². The molecule has 1 saturated carbocycles. The Kier molecular flexibility index (Phi) is 5.90. The molecule has 1 aromatic carbocycles. The number of pyridine rings is 1. The largest absolute Gasteiger partial charge is 0.404 e. The van der Waals surface area contributed by atoms with Crippen LogP contribution in [0.1, 0.15) is 52.7 Å². The number of nitrogens with one attached hydrogen (secondary N) is 4. The molecule has 31 heavy (non-hydrogen) atoms. The van der Waals surface area contributed by atoms with Gasteiger partial charge < -0.3 is 32.8 Å². The van der Waals surface area contributed by atoms with Gasteiger partial charge in [-0.2, -0.15) is 0 Å². The lowest BCUT2D eigenvalue weighted by molar-refractivity contribution is 0.0966. The molecule has 0 radical (unpaired) electrons. The molecule has 1 aromatic heterocycles. The zero-order chi connectivity index (χ0) is 22.0. The smallest absolute Gasteiger partial charge is 0.255 e. The first-order valence-electron chi connectivity index (χ1n) is 10.7. The topological polar surface area (TPSA) is 142 Å². The highest BCUT2D eigenvalue weighted by Gasteiger charge is 2.32. The van der Waals surface area contributed by atoms with E-state index in [1.807, 2.05) is 31.2 Å². The van der Waals surface area contributed by atoms with Gasteiger partial charge in [0.15, 0.2) is 0 Å². The second kappa shape index (κ2) is 8.77. The maximum atomic E-state index is 12.7. The van der Waals surface area contributed by atoms with Gasteiger partial charge in [0, 0.05) is 47.9 Å². The van der Waals surface area contributed by atoms with Gasteiger partial charge in [0.1, 0.15) is 11.6 Å². The molecule has 0 saturated heterocycles. The van der Waals surface area contributed by atoms with Crippen LogP contribution in [0.25, 0.3) is 5.57 Å². The third kappa shape index (κ3) is 4.11. The minimum Gasteiger partial charge on any atom is -0.404 e. The lowest BCUT2D eigenvalue weighted by atomic mass is 9.90. The molecule has 0 spiro atoms. The minimum atomic E-state index is -0.193. The molecule has 162 valence electrons. The molecule has 2 aromatic rings. The number of benzene rings is 1. The standard InChI is InChI=1S/C23H29N7O/c1-13-5-4-6-15(9-13)28-22-20-16(12-27-23(20)31)19(14(10-24)11-25)21(30-22)29-18-8-3-2-7-17(18)26/h4-6,9-11,17-18,24H,2-3,7-8,12,25-26H2,1H3,(H,27,31)(H2,28,29,30)/b14-11+,24-10?. The molecule has 8 N–H and O–H groups in total. The maximum absolute atomic E-state index is 12.7. The van der Waals surface area contributed by atoms with Crippen molar-refractivity contribution in [2.75, 3.05) is 10.6 Å². The predicted octanol–water partition coefficient (Wildman–Crippen LogP) is 3.01. The number of amides is 1. The molecule has 2 aliphatic rings. The van der Waals surface area contributed by atoms with Gasteiger partial charge in [-0.15, -0.1) is 0 Å². The monoisotopic (exact) mass is 419 g/mol. The van der Waals surface area contributed by atoms with Crippen LogP contribution in [-0.2, 0) is 6.54 Å². The van der Waals surface area contributed by atoms with Gasteiger partial charge in [-0.25, -0.2) is 4.98 Å². The van der Waals surface area contributed by atoms with Crippen LogP contribution in [0.2, 0.25) is 0 Å². The zero-order valence-corrected chi connectivity index (χ0v) is 17.7. The van der Waals surface area contributed by atoms with Crippen molar-refractivity contribution < 1.29 is 4.79 Å². The molecule has 2 unspecified atom stereocenters. The van der Waals surface area contributed by atoms with Crippen molar-refractivity contribution in [1.29, 1.82) is 5.41 Å². The fourth-order valence-corrected chi connectivity index (χ4v) is 4.40. The normalized spacial score (nSPS) is 20.7. The van der Waals surface area contributed by atoms with E-state index < -0.39 is 0 Å². The van der Waals surface area contributed by atoms with E-state index in [0.29, 0.717) is 34.9 Å². The van der Waals surface area contributed by atoms with Crippen molar-refractivity contribution in [3.05, 3.63) is 52.7 Å². The lowest BCUT2D eigenvalue weighted by Gasteiger charge is -2.31. The summed E-state index contributed by atoms with van der Waals surface area (Å²) in [4.78, 5) is 17.5. The lowest BCUT2D eigenvalue weighted by Crippen LogP contribution is -2.43. The summed E-state index contributed by atoms with van der Waals surface area (Å²) in [6.45, 7) is 2.36. The van der Waals surface area contributed by atoms with Gasteiger partial charge in [-0.05, 0) is 43.0 Å². The molecule has 1 amide bonds. The number of aromatic nitrogens is 1. The Bertz CT molecular complexity index is 1050. The predicted molar refractivity (Wildman–Crippen MR) is 125 cm³/mol. The average Bonchev–Trinajstić information content (AvgIpc) is 3.14. The quantitative estimate of drug-likeness (QED) is 0.398. The number of hydrogen-bond donors (Lipinski definition) is 6. The van der Waals surface area contributed by atoms with E-state index in [-0.39, 0.29) is 18.0 Å². The summed E-state index contributed by atoms with van der Waals surface area (Å²) < 4.78 is 0. The second-order valence-corrected chi connectivity index (χ2v) is 8.18. The highest BCUT2D eigenvalue weighted by Crippen LogP contribution is 2.37. The molecule has 4 rings (SSSR count). The van der Waals surface area contributed by atoms with Gasteiger partial charge in [0.25, 0.3) is 5.91 Å². The summed E-state index contributed by atoms with van der Waals surface area (Å²) in [6, 6.07) is 8.00.